The quantitative estimate of drug-likeness (QED) is 0.449. The Balaban J connectivity index is 1.20. The van der Waals surface area contributed by atoms with E-state index in [0.29, 0.717) is 6.42 Å². The first-order chi connectivity index (χ1) is 16.7. The highest BCUT2D eigenvalue weighted by molar-refractivity contribution is 5.78. The number of ether oxygens (including phenoxy) is 1. The summed E-state index contributed by atoms with van der Waals surface area (Å²) in [4.78, 5) is 25.7. The van der Waals surface area contributed by atoms with Gasteiger partial charge < -0.3 is 14.6 Å². The van der Waals surface area contributed by atoms with E-state index in [0.717, 1.165) is 55.3 Å². The van der Waals surface area contributed by atoms with Crippen LogP contribution in [0.25, 0.3) is 11.0 Å². The summed E-state index contributed by atoms with van der Waals surface area (Å²) in [5.41, 5.74) is 4.29. The fraction of sp³-hybridized carbons (Fsp3) is 0.286. The number of methoxy groups -OCH3 is 1. The van der Waals surface area contributed by atoms with E-state index >= 15 is 0 Å². The molecule has 1 aliphatic heterocycles. The Bertz CT molecular complexity index is 1190. The van der Waals surface area contributed by atoms with Crippen molar-refractivity contribution in [2.45, 2.75) is 18.9 Å². The topological polar surface area (TPSA) is 61.5 Å². The molecule has 5 rings (SSSR count). The van der Waals surface area contributed by atoms with Crippen molar-refractivity contribution >= 4 is 16.9 Å². The first-order valence-corrected chi connectivity index (χ1v) is 11.8. The Morgan fingerprint density at radius 2 is 1.59 bits per heavy atom. The van der Waals surface area contributed by atoms with Gasteiger partial charge in [-0.25, -0.2) is 4.98 Å². The molecule has 6 nitrogen and oxygen atoms in total. The summed E-state index contributed by atoms with van der Waals surface area (Å²) in [5, 5.41) is 0. The number of carbonyl (C=O) groups excluding carboxylic acids is 1. The molecule has 1 amide bonds. The summed E-state index contributed by atoms with van der Waals surface area (Å²) < 4.78 is 5.30. The summed E-state index contributed by atoms with van der Waals surface area (Å²) in [7, 11) is 1.67. The van der Waals surface area contributed by atoms with Crippen LogP contribution in [0.3, 0.4) is 0 Å². The number of hydrogen-bond donors (Lipinski definition) is 1. The third-order valence-electron chi connectivity index (χ3n) is 6.62. The molecule has 1 saturated heterocycles. The lowest BCUT2D eigenvalue weighted by molar-refractivity contribution is -0.133. The van der Waals surface area contributed by atoms with E-state index in [1.165, 1.54) is 11.1 Å². The first kappa shape index (κ1) is 22.2. The van der Waals surface area contributed by atoms with Crippen molar-refractivity contribution in [1.29, 1.82) is 0 Å². The minimum absolute atomic E-state index is 0.0699. The summed E-state index contributed by atoms with van der Waals surface area (Å²) in [6.45, 7) is 3.91. The van der Waals surface area contributed by atoms with E-state index in [4.69, 9.17) is 9.72 Å². The van der Waals surface area contributed by atoms with Gasteiger partial charge in [-0.1, -0.05) is 60.7 Å². The molecule has 1 fully saturated rings. The maximum Gasteiger partial charge on any atom is 0.223 e. The monoisotopic (exact) mass is 454 g/mol. The molecule has 1 aliphatic rings. The second-order valence-electron chi connectivity index (χ2n) is 8.80. The zero-order chi connectivity index (χ0) is 23.3. The lowest BCUT2D eigenvalue weighted by Gasteiger charge is -2.35. The average Bonchev–Trinajstić information content (AvgIpc) is 3.30. The van der Waals surface area contributed by atoms with E-state index < -0.39 is 0 Å². The van der Waals surface area contributed by atoms with Gasteiger partial charge in [-0.15, -0.1) is 0 Å². The zero-order valence-electron chi connectivity index (χ0n) is 19.5. The Labute approximate surface area is 200 Å². The number of nitrogens with zero attached hydrogens (tertiary/aromatic N) is 3. The molecular formula is C28H30N4O2. The first-order valence-electron chi connectivity index (χ1n) is 11.8. The van der Waals surface area contributed by atoms with Crippen LogP contribution >= 0.6 is 0 Å². The maximum absolute atomic E-state index is 13.3. The van der Waals surface area contributed by atoms with Crippen LogP contribution in [0.15, 0.2) is 78.9 Å². The summed E-state index contributed by atoms with van der Waals surface area (Å²) in [6, 6.07) is 26.6. The standard InChI is InChI=1S/C28H30N4O2/c1-34-23-12-13-25-26(18-23)30-27(29-25)20-31-14-16-32(17-15-31)28(33)19-24(21-8-4-2-5-9-21)22-10-6-3-7-11-22/h2-13,18,24H,14-17,19-20H2,1H3,(H,29,30). The number of amides is 1. The zero-order valence-corrected chi connectivity index (χ0v) is 19.5. The highest BCUT2D eigenvalue weighted by atomic mass is 16.5. The molecule has 0 bridgehead atoms. The molecule has 0 aliphatic carbocycles. The fourth-order valence-corrected chi connectivity index (χ4v) is 4.71. The summed E-state index contributed by atoms with van der Waals surface area (Å²) >= 11 is 0. The van der Waals surface area contributed by atoms with Crippen molar-refractivity contribution in [3.63, 3.8) is 0 Å². The molecule has 0 spiro atoms. The molecule has 34 heavy (non-hydrogen) atoms. The van der Waals surface area contributed by atoms with E-state index in [-0.39, 0.29) is 11.8 Å². The van der Waals surface area contributed by atoms with Crippen molar-refractivity contribution < 1.29 is 9.53 Å². The van der Waals surface area contributed by atoms with Crippen LogP contribution in [0.5, 0.6) is 5.75 Å². The van der Waals surface area contributed by atoms with Crippen molar-refractivity contribution in [3.05, 3.63) is 95.8 Å². The molecule has 3 aromatic carbocycles. The molecule has 1 N–H and O–H groups in total. The molecular weight excluding hydrogens is 424 g/mol. The van der Waals surface area contributed by atoms with Crippen LogP contribution in [0.4, 0.5) is 0 Å². The van der Waals surface area contributed by atoms with Crippen LogP contribution in [0.1, 0.15) is 29.3 Å². The fourth-order valence-electron chi connectivity index (χ4n) is 4.71. The van der Waals surface area contributed by atoms with Crippen LogP contribution in [-0.2, 0) is 11.3 Å². The van der Waals surface area contributed by atoms with Gasteiger partial charge in [0.1, 0.15) is 11.6 Å². The molecule has 2 heterocycles. The molecule has 174 valence electrons. The number of hydrogen-bond acceptors (Lipinski definition) is 4. The van der Waals surface area contributed by atoms with E-state index in [2.05, 4.69) is 34.1 Å². The SMILES string of the molecule is COc1ccc2nc(CN3CCN(C(=O)CC(c4ccccc4)c4ccccc4)CC3)[nH]c2c1. The average molecular weight is 455 g/mol. The predicted molar refractivity (Wildman–Crippen MR) is 134 cm³/mol. The van der Waals surface area contributed by atoms with Gasteiger partial charge in [0.25, 0.3) is 0 Å². The number of piperazine rings is 1. The van der Waals surface area contributed by atoms with Crippen molar-refractivity contribution in [3.8, 4) is 5.75 Å². The van der Waals surface area contributed by atoms with E-state index in [9.17, 15) is 4.79 Å². The number of carbonyl (C=O) groups is 1. The van der Waals surface area contributed by atoms with Gasteiger partial charge in [0.2, 0.25) is 5.91 Å². The van der Waals surface area contributed by atoms with Crippen LogP contribution in [0, 0.1) is 0 Å². The van der Waals surface area contributed by atoms with E-state index in [1.54, 1.807) is 7.11 Å². The summed E-state index contributed by atoms with van der Waals surface area (Å²) in [5.74, 6) is 2.05. The Morgan fingerprint density at radius 1 is 0.941 bits per heavy atom. The van der Waals surface area contributed by atoms with Gasteiger partial charge in [-0.05, 0) is 23.3 Å². The number of benzene rings is 3. The second kappa shape index (κ2) is 10.1. The van der Waals surface area contributed by atoms with Crippen molar-refractivity contribution in [2.75, 3.05) is 33.3 Å². The maximum atomic E-state index is 13.3. The van der Waals surface area contributed by atoms with Gasteiger partial charge in [-0.3, -0.25) is 9.69 Å². The highest BCUT2D eigenvalue weighted by Gasteiger charge is 2.25. The lowest BCUT2D eigenvalue weighted by Crippen LogP contribution is -2.48. The number of aromatic nitrogens is 2. The number of rotatable bonds is 7. The van der Waals surface area contributed by atoms with Crippen LogP contribution < -0.4 is 4.74 Å². The van der Waals surface area contributed by atoms with Gasteiger partial charge in [0.15, 0.2) is 0 Å². The number of fused-ring (bicyclic) bond motifs is 1. The number of nitrogens with one attached hydrogen (secondary N) is 1. The lowest BCUT2D eigenvalue weighted by atomic mass is 9.88. The van der Waals surface area contributed by atoms with Crippen molar-refractivity contribution in [1.82, 2.24) is 19.8 Å². The smallest absolute Gasteiger partial charge is 0.223 e. The normalized spacial score (nSPS) is 14.6. The van der Waals surface area contributed by atoms with Crippen LogP contribution in [-0.4, -0.2) is 59.0 Å². The largest absolute Gasteiger partial charge is 0.497 e. The third kappa shape index (κ3) is 4.97. The molecule has 6 heteroatoms. The van der Waals surface area contributed by atoms with Gasteiger partial charge in [0.05, 0.1) is 24.7 Å². The minimum atomic E-state index is 0.0699. The summed E-state index contributed by atoms with van der Waals surface area (Å²) in [6.07, 6.45) is 0.486. The molecule has 4 aromatic rings. The number of imidazole rings is 1. The Morgan fingerprint density at radius 3 is 2.21 bits per heavy atom. The second-order valence-corrected chi connectivity index (χ2v) is 8.80. The highest BCUT2D eigenvalue weighted by Crippen LogP contribution is 2.29. The van der Waals surface area contributed by atoms with Gasteiger partial charge in [0, 0.05) is 44.6 Å². The molecule has 0 unspecified atom stereocenters. The molecule has 0 radical (unpaired) electrons. The Hall–Kier alpha value is -3.64. The molecule has 0 atom stereocenters. The van der Waals surface area contributed by atoms with E-state index in [1.807, 2.05) is 59.5 Å². The third-order valence-corrected chi connectivity index (χ3v) is 6.62. The molecule has 1 aromatic heterocycles. The van der Waals surface area contributed by atoms with Crippen molar-refractivity contribution in [2.24, 2.45) is 0 Å². The van der Waals surface area contributed by atoms with Gasteiger partial charge >= 0.3 is 0 Å². The van der Waals surface area contributed by atoms with Crippen LogP contribution in [0.2, 0.25) is 0 Å². The number of H-pyrrole nitrogens is 1. The molecule has 0 saturated carbocycles. The number of aromatic amines is 1. The minimum Gasteiger partial charge on any atom is -0.497 e. The predicted octanol–water partition coefficient (Wildman–Crippen LogP) is 4.44. The van der Waals surface area contributed by atoms with Gasteiger partial charge in [-0.2, -0.15) is 0 Å². The Kier molecular flexibility index (Phi) is 6.58.